The molecular formula is C19H32O8. The molecule has 0 aliphatic heterocycles. The molecule has 2 unspecified atom stereocenters. The molecule has 0 aromatic heterocycles. The Morgan fingerprint density at radius 1 is 0.926 bits per heavy atom. The molecule has 0 rings (SSSR count). The number of esters is 2. The second-order valence-electron chi connectivity index (χ2n) is 6.65. The molecule has 0 aromatic carbocycles. The second-order valence-corrected chi connectivity index (χ2v) is 6.65. The summed E-state index contributed by atoms with van der Waals surface area (Å²) in [5.41, 5.74) is -0.959. The van der Waals surface area contributed by atoms with Crippen molar-refractivity contribution >= 4 is 23.9 Å². The van der Waals surface area contributed by atoms with Crippen molar-refractivity contribution in [2.75, 3.05) is 13.7 Å². The largest absolute Gasteiger partial charge is 0.481 e. The third-order valence-electron chi connectivity index (χ3n) is 4.90. The van der Waals surface area contributed by atoms with Crippen molar-refractivity contribution < 1.29 is 38.9 Å². The van der Waals surface area contributed by atoms with Gasteiger partial charge in [-0.2, -0.15) is 0 Å². The van der Waals surface area contributed by atoms with Crippen molar-refractivity contribution in [3.8, 4) is 0 Å². The molecule has 0 saturated heterocycles. The van der Waals surface area contributed by atoms with Crippen LogP contribution >= 0.6 is 0 Å². The lowest BCUT2D eigenvalue weighted by molar-refractivity contribution is -0.157. The number of carbonyl (C=O) groups is 4. The van der Waals surface area contributed by atoms with Crippen LogP contribution in [-0.4, -0.2) is 47.8 Å². The number of methoxy groups -OCH3 is 1. The Balaban J connectivity index is 5.09. The molecular weight excluding hydrogens is 356 g/mol. The van der Waals surface area contributed by atoms with Gasteiger partial charge in [0.2, 0.25) is 0 Å². The minimum Gasteiger partial charge on any atom is -0.481 e. The Morgan fingerprint density at radius 3 is 2.04 bits per heavy atom. The normalized spacial score (nSPS) is 14.0. The second kappa shape index (κ2) is 13.1. The van der Waals surface area contributed by atoms with E-state index in [1.807, 2.05) is 0 Å². The summed E-state index contributed by atoms with van der Waals surface area (Å²) in [4.78, 5) is 46.1. The molecule has 0 bridgehead atoms. The quantitative estimate of drug-likeness (QED) is 0.324. The maximum atomic E-state index is 12.3. The fourth-order valence-corrected chi connectivity index (χ4v) is 3.15. The van der Waals surface area contributed by atoms with E-state index in [0.717, 1.165) is 0 Å². The summed E-state index contributed by atoms with van der Waals surface area (Å²) in [6.45, 7) is 3.74. The van der Waals surface area contributed by atoms with Gasteiger partial charge in [0, 0.05) is 12.8 Å². The van der Waals surface area contributed by atoms with Crippen molar-refractivity contribution in [1.82, 2.24) is 0 Å². The van der Waals surface area contributed by atoms with E-state index in [2.05, 4.69) is 0 Å². The van der Waals surface area contributed by atoms with Crippen molar-refractivity contribution in [2.24, 2.45) is 11.3 Å². The van der Waals surface area contributed by atoms with Gasteiger partial charge in [-0.3, -0.25) is 19.2 Å². The van der Waals surface area contributed by atoms with Gasteiger partial charge in [0.25, 0.3) is 0 Å². The van der Waals surface area contributed by atoms with Gasteiger partial charge in [-0.05, 0) is 45.4 Å². The molecule has 8 nitrogen and oxygen atoms in total. The van der Waals surface area contributed by atoms with Crippen molar-refractivity contribution in [1.29, 1.82) is 0 Å². The number of carboxylic acid groups (broad SMARTS) is 2. The highest BCUT2D eigenvalue weighted by atomic mass is 16.5. The number of carboxylic acids is 2. The first kappa shape index (κ1) is 24.9. The topological polar surface area (TPSA) is 127 Å². The van der Waals surface area contributed by atoms with Crippen LogP contribution in [0.3, 0.4) is 0 Å². The standard InChI is InChI=1S/C19H32O8/c1-4-19(18(25)26-3,13-11-16(22)23)12-10-14(17(24)27-5-2)8-6-7-9-15(20)21/h14H,4-13H2,1-3H3,(H,20,21)(H,22,23). The lowest BCUT2D eigenvalue weighted by Crippen LogP contribution is -2.34. The summed E-state index contributed by atoms with van der Waals surface area (Å²) < 4.78 is 9.99. The van der Waals surface area contributed by atoms with Crippen molar-refractivity contribution in [3.05, 3.63) is 0 Å². The first-order chi connectivity index (χ1) is 12.7. The third-order valence-corrected chi connectivity index (χ3v) is 4.90. The van der Waals surface area contributed by atoms with E-state index in [0.29, 0.717) is 38.5 Å². The van der Waals surface area contributed by atoms with Crippen molar-refractivity contribution in [2.45, 2.75) is 71.6 Å². The molecule has 0 aromatic rings. The number of aliphatic carboxylic acids is 2. The SMILES string of the molecule is CCOC(=O)C(CCCCC(=O)O)CCC(CC)(CCC(=O)O)C(=O)OC. The fourth-order valence-electron chi connectivity index (χ4n) is 3.15. The van der Waals surface area contributed by atoms with Gasteiger partial charge in [-0.25, -0.2) is 0 Å². The fraction of sp³-hybridized carbons (Fsp3) is 0.789. The zero-order valence-corrected chi connectivity index (χ0v) is 16.5. The van der Waals surface area contributed by atoms with Crippen LogP contribution in [0.25, 0.3) is 0 Å². The van der Waals surface area contributed by atoms with E-state index in [1.165, 1.54) is 7.11 Å². The number of unbranched alkanes of at least 4 members (excludes halogenated alkanes) is 1. The Kier molecular flexibility index (Phi) is 12.1. The van der Waals surface area contributed by atoms with E-state index >= 15 is 0 Å². The highest BCUT2D eigenvalue weighted by Gasteiger charge is 2.39. The van der Waals surface area contributed by atoms with Crippen LogP contribution in [0.1, 0.15) is 71.6 Å². The molecule has 27 heavy (non-hydrogen) atoms. The van der Waals surface area contributed by atoms with Crippen LogP contribution in [0.15, 0.2) is 0 Å². The van der Waals surface area contributed by atoms with Crippen LogP contribution in [0.2, 0.25) is 0 Å². The Bertz CT molecular complexity index is 502. The van der Waals surface area contributed by atoms with E-state index in [-0.39, 0.29) is 31.8 Å². The molecule has 0 amide bonds. The van der Waals surface area contributed by atoms with Gasteiger partial charge in [0.05, 0.1) is 25.0 Å². The maximum absolute atomic E-state index is 12.3. The average Bonchev–Trinajstić information content (AvgIpc) is 2.62. The number of carbonyl (C=O) groups excluding carboxylic acids is 2. The molecule has 0 aliphatic rings. The third kappa shape index (κ3) is 9.40. The molecule has 2 N–H and O–H groups in total. The molecule has 0 aliphatic carbocycles. The molecule has 156 valence electrons. The van der Waals surface area contributed by atoms with E-state index in [9.17, 15) is 19.2 Å². The minimum atomic E-state index is -0.993. The molecule has 2 atom stereocenters. The number of ether oxygens (including phenoxy) is 2. The number of rotatable bonds is 15. The van der Waals surface area contributed by atoms with Crippen molar-refractivity contribution in [3.63, 3.8) is 0 Å². The van der Waals surface area contributed by atoms with E-state index in [1.54, 1.807) is 13.8 Å². The smallest absolute Gasteiger partial charge is 0.311 e. The van der Waals surface area contributed by atoms with Gasteiger partial charge < -0.3 is 19.7 Å². The molecule has 0 fully saturated rings. The van der Waals surface area contributed by atoms with Crippen LogP contribution in [0.5, 0.6) is 0 Å². The molecule has 8 heteroatoms. The molecule has 0 saturated carbocycles. The summed E-state index contributed by atoms with van der Waals surface area (Å²) in [6.07, 6.45) is 2.57. The maximum Gasteiger partial charge on any atom is 0.311 e. The highest BCUT2D eigenvalue weighted by molar-refractivity contribution is 5.78. The first-order valence-electron chi connectivity index (χ1n) is 9.41. The minimum absolute atomic E-state index is 0.0369. The Morgan fingerprint density at radius 2 is 1.56 bits per heavy atom. The highest BCUT2D eigenvalue weighted by Crippen LogP contribution is 2.37. The number of hydrogen-bond donors (Lipinski definition) is 2. The Hall–Kier alpha value is -2.12. The molecule has 0 radical (unpaired) electrons. The zero-order chi connectivity index (χ0) is 20.9. The van der Waals surface area contributed by atoms with E-state index in [4.69, 9.17) is 19.7 Å². The van der Waals surface area contributed by atoms with Crippen LogP contribution in [0, 0.1) is 11.3 Å². The first-order valence-corrected chi connectivity index (χ1v) is 9.41. The summed E-state index contributed by atoms with van der Waals surface area (Å²) in [5.74, 6) is -3.18. The predicted octanol–water partition coefficient (Wildman–Crippen LogP) is 3.03. The van der Waals surface area contributed by atoms with Gasteiger partial charge >= 0.3 is 23.9 Å². The Labute approximate surface area is 160 Å². The summed E-state index contributed by atoms with van der Waals surface area (Å²) in [7, 11) is 1.27. The van der Waals surface area contributed by atoms with E-state index < -0.39 is 29.2 Å². The van der Waals surface area contributed by atoms with Crippen LogP contribution in [-0.2, 0) is 28.7 Å². The van der Waals surface area contributed by atoms with Crippen LogP contribution in [0.4, 0.5) is 0 Å². The zero-order valence-electron chi connectivity index (χ0n) is 16.5. The lowest BCUT2D eigenvalue weighted by Gasteiger charge is -2.30. The van der Waals surface area contributed by atoms with Gasteiger partial charge in [0.1, 0.15) is 0 Å². The van der Waals surface area contributed by atoms with Gasteiger partial charge in [0.15, 0.2) is 0 Å². The summed E-state index contributed by atoms with van der Waals surface area (Å²) in [6, 6.07) is 0. The lowest BCUT2D eigenvalue weighted by atomic mass is 9.74. The monoisotopic (exact) mass is 388 g/mol. The molecule has 0 spiro atoms. The average molecular weight is 388 g/mol. The van der Waals surface area contributed by atoms with Gasteiger partial charge in [-0.15, -0.1) is 0 Å². The number of hydrogen-bond acceptors (Lipinski definition) is 6. The summed E-state index contributed by atoms with van der Waals surface area (Å²) >= 11 is 0. The van der Waals surface area contributed by atoms with Crippen LogP contribution < -0.4 is 0 Å². The van der Waals surface area contributed by atoms with Gasteiger partial charge in [-0.1, -0.05) is 13.3 Å². The molecule has 0 heterocycles. The summed E-state index contributed by atoms with van der Waals surface area (Å²) in [5, 5.41) is 17.7. The predicted molar refractivity (Wildman–Crippen MR) is 97.1 cm³/mol.